The number of amides is 1. The van der Waals surface area contributed by atoms with Gasteiger partial charge in [0.1, 0.15) is 6.17 Å². The number of rotatable bonds is 7. The molecule has 2 aromatic heterocycles. The molecule has 136 valence electrons. The van der Waals surface area contributed by atoms with Crippen LogP contribution in [0.1, 0.15) is 29.1 Å². The van der Waals surface area contributed by atoms with E-state index in [9.17, 15) is 9.18 Å². The minimum atomic E-state index is -0.834. The second-order valence-electron chi connectivity index (χ2n) is 6.68. The Morgan fingerprint density at radius 2 is 2.40 bits per heavy atom. The van der Waals surface area contributed by atoms with Crippen LogP contribution in [-0.4, -0.2) is 53.0 Å². The number of likely N-dealkylation sites (tertiary alicyclic amines) is 1. The van der Waals surface area contributed by atoms with Crippen LogP contribution in [0.15, 0.2) is 28.4 Å². The molecule has 2 aromatic rings. The summed E-state index contributed by atoms with van der Waals surface area (Å²) in [6.45, 7) is 3.58. The van der Waals surface area contributed by atoms with Gasteiger partial charge in [-0.15, -0.1) is 11.3 Å². The molecule has 1 amide bonds. The van der Waals surface area contributed by atoms with Crippen LogP contribution in [0.5, 0.6) is 0 Å². The summed E-state index contributed by atoms with van der Waals surface area (Å²) in [7, 11) is 1.80. The minimum absolute atomic E-state index is 0.0416. The quantitative estimate of drug-likeness (QED) is 0.757. The van der Waals surface area contributed by atoms with Crippen LogP contribution in [0.25, 0.3) is 0 Å². The van der Waals surface area contributed by atoms with E-state index >= 15 is 0 Å². The zero-order valence-corrected chi connectivity index (χ0v) is 15.5. The van der Waals surface area contributed by atoms with Crippen LogP contribution < -0.4 is 0 Å². The van der Waals surface area contributed by atoms with Gasteiger partial charge in [0.2, 0.25) is 5.91 Å². The Kier molecular flexibility index (Phi) is 5.86. The Labute approximate surface area is 151 Å². The molecule has 1 aliphatic rings. The van der Waals surface area contributed by atoms with Gasteiger partial charge in [-0.3, -0.25) is 9.69 Å². The van der Waals surface area contributed by atoms with E-state index in [4.69, 9.17) is 4.42 Å². The molecule has 0 saturated carbocycles. The van der Waals surface area contributed by atoms with Gasteiger partial charge in [0.15, 0.2) is 0 Å². The van der Waals surface area contributed by atoms with Crippen LogP contribution >= 0.6 is 11.3 Å². The van der Waals surface area contributed by atoms with Gasteiger partial charge in [-0.2, -0.15) is 0 Å². The Balaban J connectivity index is 1.52. The molecular weight excluding hydrogens is 341 g/mol. The molecule has 0 unspecified atom stereocenters. The molecule has 25 heavy (non-hydrogen) atoms. The number of aromatic nitrogens is 1. The third kappa shape index (κ3) is 4.89. The molecule has 2 atom stereocenters. The van der Waals surface area contributed by atoms with E-state index in [1.54, 1.807) is 35.8 Å². The zero-order chi connectivity index (χ0) is 17.8. The van der Waals surface area contributed by atoms with Crippen molar-refractivity contribution in [2.75, 3.05) is 20.1 Å². The summed E-state index contributed by atoms with van der Waals surface area (Å²) in [5, 5.41) is 3.05. The molecule has 0 N–H and O–H groups in total. The van der Waals surface area contributed by atoms with Crippen molar-refractivity contribution in [3.05, 3.63) is 40.2 Å². The molecule has 5 nitrogen and oxygen atoms in total. The highest BCUT2D eigenvalue weighted by Crippen LogP contribution is 2.24. The number of carbonyl (C=O) groups excluding carboxylic acids is 1. The number of hydrogen-bond donors (Lipinski definition) is 0. The molecule has 0 spiro atoms. The van der Waals surface area contributed by atoms with Crippen LogP contribution in [0.4, 0.5) is 4.39 Å². The van der Waals surface area contributed by atoms with E-state index in [-0.39, 0.29) is 11.9 Å². The predicted octanol–water partition coefficient (Wildman–Crippen LogP) is 3.05. The van der Waals surface area contributed by atoms with E-state index in [0.717, 1.165) is 16.3 Å². The van der Waals surface area contributed by atoms with E-state index in [1.165, 1.54) is 0 Å². The van der Waals surface area contributed by atoms with Gasteiger partial charge >= 0.3 is 0 Å². The highest BCUT2D eigenvalue weighted by atomic mass is 32.1. The topological polar surface area (TPSA) is 49.6 Å². The van der Waals surface area contributed by atoms with Crippen molar-refractivity contribution >= 4 is 17.2 Å². The van der Waals surface area contributed by atoms with E-state index in [0.29, 0.717) is 38.9 Å². The number of likely N-dealkylation sites (N-methyl/N-ethyl adjacent to an activating group) is 1. The predicted molar refractivity (Wildman–Crippen MR) is 95.2 cm³/mol. The fraction of sp³-hybridized carbons (Fsp3) is 0.556. The third-order valence-corrected chi connectivity index (χ3v) is 5.45. The summed E-state index contributed by atoms with van der Waals surface area (Å²) in [6, 6.07) is 1.91. The van der Waals surface area contributed by atoms with Gasteiger partial charge in [0, 0.05) is 44.5 Å². The fourth-order valence-electron chi connectivity index (χ4n) is 3.29. The first-order valence-electron chi connectivity index (χ1n) is 8.55. The highest BCUT2D eigenvalue weighted by Gasteiger charge is 2.33. The smallest absolute Gasteiger partial charge is 0.222 e. The van der Waals surface area contributed by atoms with Gasteiger partial charge in [-0.05, 0) is 31.4 Å². The van der Waals surface area contributed by atoms with Gasteiger partial charge in [-0.1, -0.05) is 0 Å². The molecule has 1 saturated heterocycles. The number of hydrogen-bond acceptors (Lipinski definition) is 5. The maximum atomic E-state index is 13.9. The minimum Gasteiger partial charge on any atom is -0.472 e. The van der Waals surface area contributed by atoms with Crippen molar-refractivity contribution in [1.29, 1.82) is 0 Å². The molecule has 0 aromatic carbocycles. The Hall–Kier alpha value is -1.73. The number of aryl methyl sites for hydroxylation is 2. The molecule has 3 heterocycles. The largest absolute Gasteiger partial charge is 0.472 e. The fourth-order valence-corrected chi connectivity index (χ4v) is 3.89. The third-order valence-electron chi connectivity index (χ3n) is 4.63. The first-order valence-corrected chi connectivity index (χ1v) is 9.43. The molecule has 7 heteroatoms. The number of alkyl halides is 1. The van der Waals surface area contributed by atoms with Crippen molar-refractivity contribution in [2.45, 2.75) is 44.9 Å². The summed E-state index contributed by atoms with van der Waals surface area (Å²) in [6.07, 6.45) is 4.02. The summed E-state index contributed by atoms with van der Waals surface area (Å²) in [5.41, 5.74) is 2.00. The lowest BCUT2D eigenvalue weighted by Gasteiger charge is -2.28. The Morgan fingerprint density at radius 1 is 1.56 bits per heavy atom. The summed E-state index contributed by atoms with van der Waals surface area (Å²) < 4.78 is 19.0. The number of nitrogens with zero attached hydrogens (tertiary/aromatic N) is 3. The second-order valence-corrected chi connectivity index (χ2v) is 7.74. The Bertz CT molecular complexity index is 688. The number of thiazole rings is 1. The number of halogens is 1. The molecular formula is C18H24FN3O2S. The van der Waals surface area contributed by atoms with Gasteiger partial charge in [0.05, 0.1) is 23.2 Å². The average molecular weight is 365 g/mol. The van der Waals surface area contributed by atoms with Crippen molar-refractivity contribution in [1.82, 2.24) is 14.8 Å². The van der Waals surface area contributed by atoms with Gasteiger partial charge in [0.25, 0.3) is 0 Å². The van der Waals surface area contributed by atoms with Crippen molar-refractivity contribution in [2.24, 2.45) is 0 Å². The first kappa shape index (κ1) is 18.1. The maximum Gasteiger partial charge on any atom is 0.222 e. The van der Waals surface area contributed by atoms with Gasteiger partial charge in [-0.25, -0.2) is 9.37 Å². The number of furan rings is 1. The normalized spacial score (nSPS) is 20.9. The van der Waals surface area contributed by atoms with Crippen LogP contribution in [0, 0.1) is 6.92 Å². The molecule has 1 aliphatic heterocycles. The summed E-state index contributed by atoms with van der Waals surface area (Å²) in [5.74, 6) is 0.0768. The van der Waals surface area contributed by atoms with E-state index in [1.807, 2.05) is 18.4 Å². The second kappa shape index (κ2) is 8.10. The standard InChI is InChI=1S/C18H24FN3O2S/c1-13-20-16(12-25-13)9-22-8-15(19)7-17(22)10-21(2)18(23)4-3-14-5-6-24-11-14/h5-6,11-12,15,17H,3-4,7-10H2,1-2H3/t15-,17-/m0/s1. The molecule has 1 fully saturated rings. The van der Waals surface area contributed by atoms with Crippen molar-refractivity contribution < 1.29 is 13.6 Å². The average Bonchev–Trinajstić information content (AvgIpc) is 3.29. The lowest BCUT2D eigenvalue weighted by Crippen LogP contribution is -2.41. The van der Waals surface area contributed by atoms with E-state index in [2.05, 4.69) is 9.88 Å². The van der Waals surface area contributed by atoms with E-state index < -0.39 is 6.17 Å². The van der Waals surface area contributed by atoms with Crippen molar-refractivity contribution in [3.63, 3.8) is 0 Å². The molecule has 3 rings (SSSR count). The molecule has 0 aliphatic carbocycles. The highest BCUT2D eigenvalue weighted by molar-refractivity contribution is 7.09. The van der Waals surface area contributed by atoms with Gasteiger partial charge < -0.3 is 9.32 Å². The number of carbonyl (C=O) groups is 1. The Morgan fingerprint density at radius 3 is 3.08 bits per heavy atom. The summed E-state index contributed by atoms with van der Waals surface area (Å²) >= 11 is 1.61. The molecule has 0 bridgehead atoms. The van der Waals surface area contributed by atoms with Crippen molar-refractivity contribution in [3.8, 4) is 0 Å². The first-order chi connectivity index (χ1) is 12.0. The van der Waals surface area contributed by atoms with Crippen LogP contribution in [0.2, 0.25) is 0 Å². The molecule has 0 radical (unpaired) electrons. The monoisotopic (exact) mass is 365 g/mol. The summed E-state index contributed by atoms with van der Waals surface area (Å²) in [4.78, 5) is 20.7. The lowest BCUT2D eigenvalue weighted by atomic mass is 10.1. The van der Waals surface area contributed by atoms with Crippen LogP contribution in [-0.2, 0) is 17.8 Å². The van der Waals surface area contributed by atoms with Crippen LogP contribution in [0.3, 0.4) is 0 Å². The SMILES string of the molecule is Cc1nc(CN2C[C@@H](F)C[C@H]2CN(C)C(=O)CCc2ccoc2)cs1. The maximum absolute atomic E-state index is 13.9. The zero-order valence-electron chi connectivity index (χ0n) is 14.7. The lowest BCUT2D eigenvalue weighted by molar-refractivity contribution is -0.130.